The first-order valence-electron chi connectivity index (χ1n) is 10.9. The highest BCUT2D eigenvalue weighted by Crippen LogP contribution is 2.33. The Balaban J connectivity index is 1.79. The number of ether oxygens (including phenoxy) is 1. The van der Waals surface area contributed by atoms with Gasteiger partial charge in [-0.2, -0.15) is 5.10 Å². The predicted molar refractivity (Wildman–Crippen MR) is 126 cm³/mol. The Morgan fingerprint density at radius 1 is 1.12 bits per heavy atom. The fourth-order valence-electron chi connectivity index (χ4n) is 3.94. The van der Waals surface area contributed by atoms with Crippen molar-refractivity contribution in [3.05, 3.63) is 82.7 Å². The molecule has 1 N–H and O–H groups in total. The summed E-state index contributed by atoms with van der Waals surface area (Å²) >= 11 is 6.28. The molecular weight excluding hydrogens is 440 g/mol. The van der Waals surface area contributed by atoms with Crippen LogP contribution < -0.4 is 0 Å². The first-order valence-corrected chi connectivity index (χ1v) is 11.3. The van der Waals surface area contributed by atoms with E-state index in [-0.39, 0.29) is 6.42 Å². The van der Waals surface area contributed by atoms with Crippen molar-refractivity contribution in [3.63, 3.8) is 0 Å². The van der Waals surface area contributed by atoms with Crippen LogP contribution >= 0.6 is 11.6 Å². The van der Waals surface area contributed by atoms with Gasteiger partial charge < -0.3 is 9.84 Å². The molecule has 4 aromatic rings. The average molecular weight is 465 g/mol. The van der Waals surface area contributed by atoms with Crippen LogP contribution in [0.25, 0.3) is 16.6 Å². The molecule has 0 aliphatic heterocycles. The lowest BCUT2D eigenvalue weighted by Gasteiger charge is -2.17. The number of fused-ring (bicyclic) bond motifs is 1. The van der Waals surface area contributed by atoms with Crippen LogP contribution in [0.1, 0.15) is 42.3 Å². The Morgan fingerprint density at radius 2 is 1.94 bits per heavy atom. The third-order valence-corrected chi connectivity index (χ3v) is 5.70. The fourth-order valence-corrected chi connectivity index (χ4v) is 4.12. The predicted octanol–water partition coefficient (Wildman–Crippen LogP) is 5.13. The zero-order valence-electron chi connectivity index (χ0n) is 18.4. The number of carbonyl (C=O) groups is 1. The standard InChI is InChI=1S/C25H25ClN4O3/c1-2-20-6-7-23-25(18-12-19(26)14-28-13-18)21(4-3-5-24(31)32)22(29-30(20)23)16-33-15-17-8-10-27-11-9-17/h6-14H,2-5,15-16H2,1H3,(H,31,32). The molecule has 4 rings (SSSR count). The first-order chi connectivity index (χ1) is 16.1. The number of pyridine rings is 2. The summed E-state index contributed by atoms with van der Waals surface area (Å²) in [6, 6.07) is 9.81. The van der Waals surface area contributed by atoms with Crippen LogP contribution in [0.5, 0.6) is 0 Å². The number of aryl methyl sites for hydroxylation is 1. The molecule has 0 radical (unpaired) electrons. The highest BCUT2D eigenvalue weighted by molar-refractivity contribution is 6.30. The molecule has 0 amide bonds. The average Bonchev–Trinajstić information content (AvgIpc) is 3.22. The van der Waals surface area contributed by atoms with E-state index in [1.165, 1.54) is 0 Å². The van der Waals surface area contributed by atoms with Crippen LogP contribution in [0.4, 0.5) is 0 Å². The molecule has 0 saturated heterocycles. The summed E-state index contributed by atoms with van der Waals surface area (Å²) in [5.74, 6) is -0.818. The molecule has 0 spiro atoms. The van der Waals surface area contributed by atoms with Crippen molar-refractivity contribution in [1.82, 2.24) is 19.6 Å². The zero-order valence-corrected chi connectivity index (χ0v) is 19.1. The Kier molecular flexibility index (Phi) is 7.32. The van der Waals surface area contributed by atoms with Crippen LogP contribution in [-0.2, 0) is 35.6 Å². The summed E-state index contributed by atoms with van der Waals surface area (Å²) < 4.78 is 7.97. The first kappa shape index (κ1) is 22.9. The normalized spacial score (nSPS) is 11.2. The van der Waals surface area contributed by atoms with Gasteiger partial charge >= 0.3 is 5.97 Å². The lowest BCUT2D eigenvalue weighted by molar-refractivity contribution is -0.137. The van der Waals surface area contributed by atoms with Gasteiger partial charge in [-0.3, -0.25) is 14.8 Å². The summed E-state index contributed by atoms with van der Waals surface area (Å²) in [6.07, 6.45) is 8.80. The van der Waals surface area contributed by atoms with Crippen molar-refractivity contribution in [2.45, 2.75) is 45.8 Å². The van der Waals surface area contributed by atoms with Gasteiger partial charge in [-0.1, -0.05) is 18.5 Å². The molecule has 0 aliphatic rings. The van der Waals surface area contributed by atoms with Gasteiger partial charge in [0.05, 0.1) is 29.4 Å². The fraction of sp³-hybridized carbons (Fsp3) is 0.280. The van der Waals surface area contributed by atoms with E-state index in [1.807, 2.05) is 28.8 Å². The minimum Gasteiger partial charge on any atom is -0.481 e. The van der Waals surface area contributed by atoms with Crippen LogP contribution in [0.15, 0.2) is 55.1 Å². The van der Waals surface area contributed by atoms with E-state index in [1.54, 1.807) is 24.8 Å². The summed E-state index contributed by atoms with van der Waals surface area (Å²) in [5, 5.41) is 14.6. The molecule has 0 aliphatic carbocycles. The van der Waals surface area contributed by atoms with Crippen molar-refractivity contribution in [2.24, 2.45) is 0 Å². The number of rotatable bonds is 10. The number of aliphatic carboxylic acids is 1. The van der Waals surface area contributed by atoms with Gasteiger partial charge in [0.15, 0.2) is 0 Å². The van der Waals surface area contributed by atoms with Crippen LogP contribution in [-0.4, -0.2) is 30.7 Å². The maximum absolute atomic E-state index is 11.2. The van der Waals surface area contributed by atoms with Gasteiger partial charge in [-0.05, 0) is 60.7 Å². The maximum atomic E-state index is 11.2. The molecule has 0 aromatic carbocycles. The minimum atomic E-state index is -0.818. The molecule has 0 atom stereocenters. The van der Waals surface area contributed by atoms with Crippen LogP contribution in [0, 0.1) is 0 Å². The van der Waals surface area contributed by atoms with E-state index < -0.39 is 5.97 Å². The third kappa shape index (κ3) is 5.38. The van der Waals surface area contributed by atoms with Crippen LogP contribution in [0.2, 0.25) is 5.02 Å². The number of hydrogen-bond acceptors (Lipinski definition) is 5. The maximum Gasteiger partial charge on any atom is 0.303 e. The van der Waals surface area contributed by atoms with E-state index in [4.69, 9.17) is 21.4 Å². The van der Waals surface area contributed by atoms with Crippen molar-refractivity contribution in [2.75, 3.05) is 0 Å². The highest BCUT2D eigenvalue weighted by Gasteiger charge is 2.19. The van der Waals surface area contributed by atoms with Crippen molar-refractivity contribution >= 4 is 23.1 Å². The molecule has 8 heteroatoms. The lowest BCUT2D eigenvalue weighted by Crippen LogP contribution is -2.11. The van der Waals surface area contributed by atoms with Crippen molar-refractivity contribution < 1.29 is 14.6 Å². The molecule has 0 unspecified atom stereocenters. The molecule has 170 valence electrons. The van der Waals surface area contributed by atoms with E-state index in [9.17, 15) is 9.90 Å². The number of carboxylic acids is 1. The molecule has 4 aromatic heterocycles. The highest BCUT2D eigenvalue weighted by atomic mass is 35.5. The number of nitrogens with zero attached hydrogens (tertiary/aromatic N) is 4. The Morgan fingerprint density at radius 3 is 2.67 bits per heavy atom. The van der Waals surface area contributed by atoms with Gasteiger partial charge in [0.25, 0.3) is 0 Å². The molecule has 0 bridgehead atoms. The topological polar surface area (TPSA) is 89.6 Å². The largest absolute Gasteiger partial charge is 0.481 e. The van der Waals surface area contributed by atoms with E-state index >= 15 is 0 Å². The number of halogens is 1. The minimum absolute atomic E-state index is 0.0803. The molecule has 4 heterocycles. The monoisotopic (exact) mass is 464 g/mol. The van der Waals surface area contributed by atoms with Gasteiger partial charge in [0, 0.05) is 48.0 Å². The van der Waals surface area contributed by atoms with Crippen molar-refractivity contribution in [3.8, 4) is 11.1 Å². The second-order valence-corrected chi connectivity index (χ2v) is 8.20. The van der Waals surface area contributed by atoms with Gasteiger partial charge in [-0.25, -0.2) is 4.52 Å². The Bertz CT molecular complexity index is 1260. The zero-order chi connectivity index (χ0) is 23.2. The van der Waals surface area contributed by atoms with E-state index in [2.05, 4.69) is 23.0 Å². The van der Waals surface area contributed by atoms with Gasteiger partial charge in [0.2, 0.25) is 0 Å². The second kappa shape index (κ2) is 10.6. The molecule has 0 saturated carbocycles. The molecular formula is C25H25ClN4O3. The van der Waals surface area contributed by atoms with Gasteiger partial charge in [0.1, 0.15) is 0 Å². The van der Waals surface area contributed by atoms with E-state index in [0.717, 1.165) is 45.6 Å². The quantitative estimate of drug-likeness (QED) is 0.350. The summed E-state index contributed by atoms with van der Waals surface area (Å²) in [6.45, 7) is 2.81. The SMILES string of the molecule is CCc1ccc2c(-c3cncc(Cl)c3)c(CCCC(=O)O)c(COCc3ccncc3)nn12. The Labute approximate surface area is 197 Å². The lowest BCUT2D eigenvalue weighted by atomic mass is 9.95. The second-order valence-electron chi connectivity index (χ2n) is 7.76. The smallest absolute Gasteiger partial charge is 0.303 e. The number of carboxylic acid groups (broad SMARTS) is 1. The van der Waals surface area contributed by atoms with Gasteiger partial charge in [-0.15, -0.1) is 0 Å². The molecule has 33 heavy (non-hydrogen) atoms. The molecule has 0 fully saturated rings. The third-order valence-electron chi connectivity index (χ3n) is 5.49. The summed E-state index contributed by atoms with van der Waals surface area (Å²) in [4.78, 5) is 19.5. The Hall–Kier alpha value is -3.29. The summed E-state index contributed by atoms with van der Waals surface area (Å²) in [5.41, 5.74) is 6.62. The number of aromatic nitrogens is 4. The number of hydrogen-bond donors (Lipinski definition) is 1. The molecule has 7 nitrogen and oxygen atoms in total. The van der Waals surface area contributed by atoms with E-state index in [0.29, 0.717) is 31.1 Å². The van der Waals surface area contributed by atoms with Crippen LogP contribution in [0.3, 0.4) is 0 Å². The van der Waals surface area contributed by atoms with Crippen molar-refractivity contribution in [1.29, 1.82) is 0 Å². The summed E-state index contributed by atoms with van der Waals surface area (Å²) in [7, 11) is 0.